The fourth-order valence-electron chi connectivity index (χ4n) is 2.08. The number of benzene rings is 2. The summed E-state index contributed by atoms with van der Waals surface area (Å²) in [5, 5.41) is 0. The van der Waals surface area contributed by atoms with Crippen LogP contribution in [0.5, 0.6) is 0 Å². The molecule has 0 heterocycles. The lowest BCUT2D eigenvalue weighted by molar-refractivity contribution is 0.766. The van der Waals surface area contributed by atoms with Crippen LogP contribution in [0, 0.1) is 12.8 Å². The van der Waals surface area contributed by atoms with Crippen LogP contribution >= 0.6 is 0 Å². The van der Waals surface area contributed by atoms with Crippen LogP contribution in [0.2, 0.25) is 0 Å². The van der Waals surface area contributed by atoms with Gasteiger partial charge < -0.3 is 5.73 Å². The number of nitrogens with two attached hydrogens (primary N) is 1. The first-order valence-corrected chi connectivity index (χ1v) is 7.16. The van der Waals surface area contributed by atoms with E-state index in [1.807, 2.05) is 25.1 Å². The van der Waals surface area contributed by atoms with Crippen molar-refractivity contribution < 1.29 is 0 Å². The van der Waals surface area contributed by atoms with Gasteiger partial charge in [-0.2, -0.15) is 0 Å². The van der Waals surface area contributed by atoms with Gasteiger partial charge in [0.1, 0.15) is 0 Å². The number of rotatable bonds is 5. The van der Waals surface area contributed by atoms with Crippen LogP contribution in [0.4, 0.5) is 0 Å². The van der Waals surface area contributed by atoms with Gasteiger partial charge in [0.25, 0.3) is 0 Å². The van der Waals surface area contributed by atoms with Gasteiger partial charge in [0.15, 0.2) is 0 Å². The molecule has 2 aromatic rings. The van der Waals surface area contributed by atoms with E-state index in [4.69, 9.17) is 5.73 Å². The monoisotopic (exact) mass is 289 g/mol. The van der Waals surface area contributed by atoms with Crippen molar-refractivity contribution >= 4 is 5.57 Å². The molecule has 2 rings (SSSR count). The zero-order valence-electron chi connectivity index (χ0n) is 13.1. The Morgan fingerprint density at radius 3 is 1.95 bits per heavy atom. The summed E-state index contributed by atoms with van der Waals surface area (Å²) >= 11 is 0. The van der Waals surface area contributed by atoms with Gasteiger partial charge >= 0.3 is 0 Å². The third kappa shape index (κ3) is 4.77. The van der Waals surface area contributed by atoms with E-state index in [1.165, 1.54) is 5.56 Å². The van der Waals surface area contributed by atoms with Gasteiger partial charge in [-0.25, -0.2) is 0 Å². The lowest BCUT2D eigenvalue weighted by atomic mass is 9.96. The van der Waals surface area contributed by atoms with Crippen molar-refractivity contribution in [3.05, 3.63) is 90.0 Å². The molecule has 0 spiro atoms. The molecule has 2 N–H and O–H groups in total. The molecule has 0 bridgehead atoms. The van der Waals surface area contributed by atoms with Gasteiger partial charge in [-0.1, -0.05) is 73.3 Å². The maximum absolute atomic E-state index is 6.02. The van der Waals surface area contributed by atoms with Crippen LogP contribution in [-0.4, -0.2) is 6.04 Å². The van der Waals surface area contributed by atoms with Crippen molar-refractivity contribution in [3.8, 4) is 12.8 Å². The highest BCUT2D eigenvalue weighted by Gasteiger charge is 2.06. The summed E-state index contributed by atoms with van der Waals surface area (Å²) in [7, 11) is 0. The van der Waals surface area contributed by atoms with E-state index in [-0.39, 0.29) is 6.04 Å². The minimum atomic E-state index is 0.0261. The fraction of sp³-hybridized carbons (Fsp3) is 0.143. The standard InChI is InChI=1S/C19H21N.C2H2/c1-14(2)19(20)13-16-9-11-18(12-10-16)15(3)17-7-5-4-6-8-17;1-2/h4-12,19H,1,3,13,20H2,2H3;1-2H. The molecule has 1 heteroatoms. The highest BCUT2D eigenvalue weighted by molar-refractivity contribution is 5.77. The quantitative estimate of drug-likeness (QED) is 0.639. The van der Waals surface area contributed by atoms with E-state index in [0.717, 1.165) is 28.7 Å². The molecule has 112 valence electrons. The van der Waals surface area contributed by atoms with E-state index in [0.29, 0.717) is 0 Å². The second-order valence-corrected chi connectivity index (χ2v) is 5.20. The van der Waals surface area contributed by atoms with E-state index in [2.05, 4.69) is 62.4 Å². The molecule has 1 unspecified atom stereocenters. The van der Waals surface area contributed by atoms with Crippen LogP contribution in [0.15, 0.2) is 73.3 Å². The lowest BCUT2D eigenvalue weighted by Gasteiger charge is -2.12. The molecule has 0 aliphatic heterocycles. The first-order chi connectivity index (χ1) is 10.6. The van der Waals surface area contributed by atoms with Gasteiger partial charge in [-0.3, -0.25) is 0 Å². The highest BCUT2D eigenvalue weighted by atomic mass is 14.6. The van der Waals surface area contributed by atoms with E-state index in [9.17, 15) is 0 Å². The second-order valence-electron chi connectivity index (χ2n) is 5.20. The molecule has 0 aliphatic carbocycles. The molecular formula is C21H23N. The highest BCUT2D eigenvalue weighted by Crippen LogP contribution is 2.22. The van der Waals surface area contributed by atoms with Crippen LogP contribution in [0.1, 0.15) is 23.6 Å². The number of terminal acetylenes is 1. The molecule has 0 aromatic heterocycles. The van der Waals surface area contributed by atoms with E-state index < -0.39 is 0 Å². The Morgan fingerprint density at radius 2 is 1.45 bits per heavy atom. The zero-order chi connectivity index (χ0) is 16.5. The zero-order valence-corrected chi connectivity index (χ0v) is 13.1. The van der Waals surface area contributed by atoms with Crippen LogP contribution in [0.25, 0.3) is 5.57 Å². The van der Waals surface area contributed by atoms with Crippen molar-refractivity contribution in [2.45, 2.75) is 19.4 Å². The van der Waals surface area contributed by atoms with Gasteiger partial charge in [0, 0.05) is 6.04 Å². The Kier molecular flexibility index (Phi) is 6.89. The minimum Gasteiger partial charge on any atom is -0.324 e. The molecule has 2 aromatic carbocycles. The molecule has 0 saturated heterocycles. The summed E-state index contributed by atoms with van der Waals surface area (Å²) in [6.07, 6.45) is 8.83. The Balaban J connectivity index is 0.00000116. The van der Waals surface area contributed by atoms with Gasteiger partial charge in [-0.05, 0) is 35.6 Å². The molecule has 22 heavy (non-hydrogen) atoms. The fourth-order valence-corrected chi connectivity index (χ4v) is 2.08. The normalized spacial score (nSPS) is 10.9. The van der Waals surface area contributed by atoms with E-state index >= 15 is 0 Å². The number of hydrogen-bond donors (Lipinski definition) is 1. The van der Waals surface area contributed by atoms with Gasteiger partial charge in [-0.15, -0.1) is 12.8 Å². The molecule has 0 amide bonds. The Labute approximate surface area is 134 Å². The van der Waals surface area contributed by atoms with Crippen molar-refractivity contribution in [2.24, 2.45) is 5.73 Å². The molecular weight excluding hydrogens is 266 g/mol. The summed E-state index contributed by atoms with van der Waals surface area (Å²) in [4.78, 5) is 0. The summed E-state index contributed by atoms with van der Waals surface area (Å²) in [5.74, 6) is 0. The second kappa shape index (κ2) is 8.67. The third-order valence-electron chi connectivity index (χ3n) is 3.51. The van der Waals surface area contributed by atoms with Crippen molar-refractivity contribution in [1.82, 2.24) is 0 Å². The third-order valence-corrected chi connectivity index (χ3v) is 3.51. The maximum atomic E-state index is 6.02. The Hall–Kier alpha value is -2.56. The first-order valence-electron chi connectivity index (χ1n) is 7.16. The van der Waals surface area contributed by atoms with Crippen molar-refractivity contribution in [2.75, 3.05) is 0 Å². The molecule has 1 nitrogen and oxygen atoms in total. The van der Waals surface area contributed by atoms with Crippen LogP contribution in [-0.2, 0) is 6.42 Å². The summed E-state index contributed by atoms with van der Waals surface area (Å²) < 4.78 is 0. The Bertz CT molecular complexity index is 633. The summed E-state index contributed by atoms with van der Waals surface area (Å²) in [6.45, 7) is 10.0. The molecule has 0 saturated carbocycles. The lowest BCUT2D eigenvalue weighted by Crippen LogP contribution is -2.23. The maximum Gasteiger partial charge on any atom is 0.0289 e. The number of hydrogen-bond acceptors (Lipinski definition) is 1. The first kappa shape index (κ1) is 17.5. The SMILES string of the molecule is C#C.C=C(c1ccccc1)c1ccc(CC(N)C(=C)C)cc1. The van der Waals surface area contributed by atoms with Gasteiger partial charge in [0.05, 0.1) is 0 Å². The summed E-state index contributed by atoms with van der Waals surface area (Å²) in [5.41, 5.74) is 11.6. The molecule has 0 fully saturated rings. The van der Waals surface area contributed by atoms with Crippen LogP contribution in [0.3, 0.4) is 0 Å². The predicted octanol–water partition coefficient (Wildman–Crippen LogP) is 4.44. The average molecular weight is 289 g/mol. The topological polar surface area (TPSA) is 26.0 Å². The largest absolute Gasteiger partial charge is 0.324 e. The van der Waals surface area contributed by atoms with Crippen molar-refractivity contribution in [1.29, 1.82) is 0 Å². The average Bonchev–Trinajstić information content (AvgIpc) is 2.57. The van der Waals surface area contributed by atoms with Crippen LogP contribution < -0.4 is 5.73 Å². The smallest absolute Gasteiger partial charge is 0.0289 e. The molecule has 0 aliphatic rings. The van der Waals surface area contributed by atoms with E-state index in [1.54, 1.807) is 0 Å². The minimum absolute atomic E-state index is 0.0261. The Morgan fingerprint density at radius 1 is 0.955 bits per heavy atom. The molecule has 1 atom stereocenters. The van der Waals surface area contributed by atoms with Gasteiger partial charge in [0.2, 0.25) is 0 Å². The molecule has 0 radical (unpaired) electrons. The summed E-state index contributed by atoms with van der Waals surface area (Å²) in [6, 6.07) is 18.7. The predicted molar refractivity (Wildman–Crippen MR) is 97.4 cm³/mol. The van der Waals surface area contributed by atoms with Crippen molar-refractivity contribution in [3.63, 3.8) is 0 Å².